The van der Waals surface area contributed by atoms with Gasteiger partial charge in [0.2, 0.25) is 0 Å². The number of thiazole rings is 1. The number of benzene rings is 2. The summed E-state index contributed by atoms with van der Waals surface area (Å²) in [7, 11) is 0. The normalized spacial score (nSPS) is 13.9. The van der Waals surface area contributed by atoms with Gasteiger partial charge in [0.05, 0.1) is 11.3 Å². The van der Waals surface area contributed by atoms with Crippen LogP contribution in [-0.2, 0) is 11.9 Å². The van der Waals surface area contributed by atoms with Crippen molar-refractivity contribution in [3.8, 4) is 17.1 Å². The van der Waals surface area contributed by atoms with Gasteiger partial charge in [-0.25, -0.2) is 4.98 Å². The first-order valence-electron chi connectivity index (χ1n) is 13.5. The van der Waals surface area contributed by atoms with Gasteiger partial charge in [0, 0.05) is 60.9 Å². The van der Waals surface area contributed by atoms with Gasteiger partial charge in [0.25, 0.3) is 5.91 Å². The van der Waals surface area contributed by atoms with Crippen LogP contribution in [0.15, 0.2) is 83.6 Å². The molecule has 0 radical (unpaired) electrons. The van der Waals surface area contributed by atoms with Crippen LogP contribution < -0.4 is 4.90 Å². The lowest BCUT2D eigenvalue weighted by atomic mass is 10.1. The molecule has 4 heterocycles. The lowest BCUT2D eigenvalue weighted by Crippen LogP contribution is -2.49. The van der Waals surface area contributed by atoms with Crippen LogP contribution in [0.4, 0.5) is 18.9 Å². The lowest BCUT2D eigenvalue weighted by Gasteiger charge is -2.36. The maximum absolute atomic E-state index is 13.2. The Morgan fingerprint density at radius 2 is 1.70 bits per heavy atom. The third kappa shape index (κ3) is 6.42. The van der Waals surface area contributed by atoms with Gasteiger partial charge in [0.1, 0.15) is 10.7 Å². The van der Waals surface area contributed by atoms with E-state index in [0.717, 1.165) is 34.0 Å². The average Bonchev–Trinajstić information content (AvgIpc) is 3.68. The monoisotopic (exact) mass is 621 g/mol. The Bertz CT molecular complexity index is 1710. The number of amides is 1. The second-order valence-electron chi connectivity index (χ2n) is 9.96. The van der Waals surface area contributed by atoms with E-state index in [4.69, 9.17) is 0 Å². The summed E-state index contributed by atoms with van der Waals surface area (Å²) in [6.45, 7) is 3.71. The molecule has 0 unspecified atom stereocenters. The van der Waals surface area contributed by atoms with Crippen LogP contribution in [0, 0.1) is 6.92 Å². The summed E-state index contributed by atoms with van der Waals surface area (Å²) >= 11 is 2.89. The summed E-state index contributed by atoms with van der Waals surface area (Å²) in [5, 5.41) is 12.2. The molecule has 0 saturated carbocycles. The third-order valence-corrected chi connectivity index (χ3v) is 9.04. The molecule has 5 aromatic rings. The number of hydrogen-bond donors (Lipinski definition) is 0. The summed E-state index contributed by atoms with van der Waals surface area (Å²) in [4.78, 5) is 25.5. The number of aryl methyl sites for hydroxylation is 1. The predicted octanol–water partition coefficient (Wildman–Crippen LogP) is 6.37. The Hall–Kier alpha value is -4.23. The van der Waals surface area contributed by atoms with Crippen molar-refractivity contribution in [2.24, 2.45) is 0 Å². The van der Waals surface area contributed by atoms with Crippen LogP contribution in [0.1, 0.15) is 26.6 Å². The van der Waals surface area contributed by atoms with E-state index in [2.05, 4.69) is 20.2 Å². The van der Waals surface area contributed by atoms with E-state index in [1.807, 2.05) is 52.8 Å². The minimum absolute atomic E-state index is 0.181. The molecular weight excluding hydrogens is 596 g/mol. The number of rotatable bonds is 7. The zero-order valence-corrected chi connectivity index (χ0v) is 24.7. The number of nitrogens with zero attached hydrogens (tertiary/aromatic N) is 7. The fourth-order valence-electron chi connectivity index (χ4n) is 4.79. The summed E-state index contributed by atoms with van der Waals surface area (Å²) in [6, 6.07) is 17.2. The van der Waals surface area contributed by atoms with Crippen molar-refractivity contribution < 1.29 is 18.0 Å². The van der Waals surface area contributed by atoms with E-state index in [1.54, 1.807) is 28.7 Å². The van der Waals surface area contributed by atoms with Crippen molar-refractivity contribution >= 4 is 34.7 Å². The van der Waals surface area contributed by atoms with E-state index >= 15 is 0 Å². The van der Waals surface area contributed by atoms with Gasteiger partial charge in [-0.1, -0.05) is 35.5 Å². The van der Waals surface area contributed by atoms with Gasteiger partial charge in [-0.15, -0.1) is 21.5 Å². The standard InChI is InChI=1S/C30H26F3N7OS2/c1-20-5-7-23(8-6-20)40-27(21-9-11-34-12-10-21)36-37-29(40)43-19-26-35-25(18-42-26)28(41)39-15-13-38(14-16-39)24-4-2-3-22(17-24)30(31,32)33/h2-12,17-18H,13-16,19H2,1H3. The first-order valence-corrected chi connectivity index (χ1v) is 15.3. The molecule has 1 aliphatic heterocycles. The number of carbonyl (C=O) groups excluding carboxylic acids is 1. The topological polar surface area (TPSA) is 80.0 Å². The van der Waals surface area contributed by atoms with Crippen LogP contribution in [-0.4, -0.2) is 61.7 Å². The quantitative estimate of drug-likeness (QED) is 0.196. The number of thioether (sulfide) groups is 1. The number of piperazine rings is 1. The van der Waals surface area contributed by atoms with Crippen LogP contribution in [0.2, 0.25) is 0 Å². The number of pyridine rings is 1. The van der Waals surface area contributed by atoms with Gasteiger partial charge in [-0.3, -0.25) is 14.3 Å². The maximum Gasteiger partial charge on any atom is 0.416 e. The summed E-state index contributed by atoms with van der Waals surface area (Å²) in [5.41, 5.74) is 3.16. The van der Waals surface area contributed by atoms with Gasteiger partial charge in [-0.05, 0) is 49.4 Å². The highest BCUT2D eigenvalue weighted by Gasteiger charge is 2.31. The van der Waals surface area contributed by atoms with Crippen LogP contribution in [0.3, 0.4) is 0 Å². The Morgan fingerprint density at radius 1 is 0.953 bits per heavy atom. The SMILES string of the molecule is Cc1ccc(-n2c(SCc3nc(C(=O)N4CCN(c5cccc(C(F)(F)F)c5)CC4)cs3)nnc2-c2ccncc2)cc1. The molecule has 3 aromatic heterocycles. The zero-order valence-electron chi connectivity index (χ0n) is 23.0. The Morgan fingerprint density at radius 3 is 2.42 bits per heavy atom. The van der Waals surface area contributed by atoms with Crippen LogP contribution in [0.5, 0.6) is 0 Å². The van der Waals surface area contributed by atoms with Gasteiger partial charge < -0.3 is 9.80 Å². The number of anilines is 1. The van der Waals surface area contributed by atoms with E-state index < -0.39 is 11.7 Å². The van der Waals surface area contributed by atoms with Crippen molar-refractivity contribution in [3.05, 3.63) is 100 Å². The van der Waals surface area contributed by atoms with E-state index in [9.17, 15) is 18.0 Å². The molecule has 1 saturated heterocycles. The fourth-order valence-corrected chi connectivity index (χ4v) is 6.53. The second-order valence-corrected chi connectivity index (χ2v) is 11.8. The van der Waals surface area contributed by atoms with Crippen molar-refractivity contribution in [3.63, 3.8) is 0 Å². The van der Waals surface area contributed by atoms with Crippen molar-refractivity contribution in [2.45, 2.75) is 24.0 Å². The molecule has 8 nitrogen and oxygen atoms in total. The number of aromatic nitrogens is 5. The molecule has 43 heavy (non-hydrogen) atoms. The first-order chi connectivity index (χ1) is 20.8. The van der Waals surface area contributed by atoms with Gasteiger partial charge in [0.15, 0.2) is 11.0 Å². The lowest BCUT2D eigenvalue weighted by molar-refractivity contribution is -0.137. The molecule has 220 valence electrons. The molecule has 0 spiro atoms. The van der Waals surface area contributed by atoms with E-state index in [1.165, 1.54) is 29.2 Å². The molecule has 0 atom stereocenters. The number of carbonyl (C=O) groups is 1. The van der Waals surface area contributed by atoms with Crippen LogP contribution in [0.25, 0.3) is 17.1 Å². The van der Waals surface area contributed by atoms with Gasteiger partial charge >= 0.3 is 6.18 Å². The maximum atomic E-state index is 13.2. The highest BCUT2D eigenvalue weighted by atomic mass is 32.2. The predicted molar refractivity (Wildman–Crippen MR) is 161 cm³/mol. The third-order valence-electron chi connectivity index (χ3n) is 7.07. The molecular formula is C30H26F3N7OS2. The molecule has 13 heteroatoms. The first kappa shape index (κ1) is 28.9. The van der Waals surface area contributed by atoms with E-state index in [0.29, 0.717) is 54.3 Å². The molecule has 0 N–H and O–H groups in total. The highest BCUT2D eigenvalue weighted by molar-refractivity contribution is 7.98. The Kier molecular flexibility index (Phi) is 8.17. The minimum atomic E-state index is -4.40. The Balaban J connectivity index is 1.12. The fraction of sp³-hybridized carbons (Fsp3) is 0.233. The molecule has 0 aliphatic carbocycles. The number of halogens is 3. The molecule has 1 fully saturated rings. The summed E-state index contributed by atoms with van der Waals surface area (Å²) < 4.78 is 41.4. The summed E-state index contributed by atoms with van der Waals surface area (Å²) in [6.07, 6.45) is -0.960. The van der Waals surface area contributed by atoms with Crippen molar-refractivity contribution in [1.82, 2.24) is 29.6 Å². The summed E-state index contributed by atoms with van der Waals surface area (Å²) in [5.74, 6) is 1.02. The molecule has 0 bridgehead atoms. The largest absolute Gasteiger partial charge is 0.416 e. The second kappa shape index (κ2) is 12.2. The number of alkyl halides is 3. The molecule has 6 rings (SSSR count). The zero-order chi connectivity index (χ0) is 30.0. The van der Waals surface area contributed by atoms with E-state index in [-0.39, 0.29) is 5.91 Å². The smallest absolute Gasteiger partial charge is 0.368 e. The molecule has 1 aliphatic rings. The van der Waals surface area contributed by atoms with Gasteiger partial charge in [-0.2, -0.15) is 13.2 Å². The average molecular weight is 622 g/mol. The molecule has 2 aromatic carbocycles. The highest BCUT2D eigenvalue weighted by Crippen LogP contribution is 2.33. The Labute approximate surface area is 254 Å². The van der Waals surface area contributed by atoms with Crippen LogP contribution >= 0.6 is 23.1 Å². The van der Waals surface area contributed by atoms with Crippen molar-refractivity contribution in [1.29, 1.82) is 0 Å². The van der Waals surface area contributed by atoms with Crippen molar-refractivity contribution in [2.75, 3.05) is 31.1 Å². The molecule has 1 amide bonds. The minimum Gasteiger partial charge on any atom is -0.368 e. The number of hydrogen-bond acceptors (Lipinski definition) is 8.